The number of ketones is 1. The number of rotatable bonds is 6. The molecule has 1 fully saturated rings. The lowest BCUT2D eigenvalue weighted by Crippen LogP contribution is -2.32. The molecule has 1 atom stereocenters. The Kier molecular flexibility index (Phi) is 6.49. The molecule has 1 N–H and O–H groups in total. The number of carbonyl (C=O) groups is 2. The smallest absolute Gasteiger partial charge is 0.295 e. The van der Waals surface area contributed by atoms with Gasteiger partial charge in [-0.1, -0.05) is 40.2 Å². The van der Waals surface area contributed by atoms with E-state index in [1.165, 1.54) is 17.0 Å². The van der Waals surface area contributed by atoms with Gasteiger partial charge in [0.05, 0.1) is 11.6 Å². The van der Waals surface area contributed by atoms with Crippen molar-refractivity contribution in [2.75, 3.05) is 27.2 Å². The number of amides is 1. The average molecular weight is 461 g/mol. The Morgan fingerprint density at radius 3 is 2.31 bits per heavy atom. The van der Waals surface area contributed by atoms with Gasteiger partial charge in [0, 0.05) is 16.6 Å². The fraction of sp³-hybridized carbons (Fsp3) is 0.273. The van der Waals surface area contributed by atoms with E-state index < -0.39 is 23.5 Å². The molecule has 0 bridgehead atoms. The van der Waals surface area contributed by atoms with Crippen LogP contribution in [-0.2, 0) is 9.59 Å². The van der Waals surface area contributed by atoms with Crippen molar-refractivity contribution < 1.29 is 19.1 Å². The second-order valence-electron chi connectivity index (χ2n) is 7.21. The summed E-state index contributed by atoms with van der Waals surface area (Å²) in [6, 6.07) is 11.7. The predicted molar refractivity (Wildman–Crippen MR) is 113 cm³/mol. The molecule has 5 nitrogen and oxygen atoms in total. The first-order valence-electron chi connectivity index (χ1n) is 9.24. The summed E-state index contributed by atoms with van der Waals surface area (Å²) in [5.41, 5.74) is 1.04. The SMILES string of the molecule is CN(C)CCCN1C(=O)C(=O)/C(=C(/O)c2ccc(Br)cc2)[C@H]1c1ccc(F)cc1. The highest BCUT2D eigenvalue weighted by Gasteiger charge is 2.45. The maximum absolute atomic E-state index is 13.5. The number of hydrogen-bond acceptors (Lipinski definition) is 4. The van der Waals surface area contributed by atoms with E-state index in [0.29, 0.717) is 24.1 Å². The Morgan fingerprint density at radius 1 is 1.10 bits per heavy atom. The van der Waals surface area contributed by atoms with Crippen molar-refractivity contribution >= 4 is 33.4 Å². The van der Waals surface area contributed by atoms with Crippen LogP contribution in [0.3, 0.4) is 0 Å². The summed E-state index contributed by atoms with van der Waals surface area (Å²) >= 11 is 3.34. The van der Waals surface area contributed by atoms with Crippen LogP contribution in [0.5, 0.6) is 0 Å². The summed E-state index contributed by atoms with van der Waals surface area (Å²) in [5.74, 6) is -2.03. The highest BCUT2D eigenvalue weighted by molar-refractivity contribution is 9.10. The van der Waals surface area contributed by atoms with Gasteiger partial charge >= 0.3 is 0 Å². The molecule has 29 heavy (non-hydrogen) atoms. The number of halogens is 2. The van der Waals surface area contributed by atoms with E-state index in [-0.39, 0.29) is 11.3 Å². The van der Waals surface area contributed by atoms with Gasteiger partial charge < -0.3 is 14.9 Å². The number of likely N-dealkylation sites (tertiary alicyclic amines) is 1. The monoisotopic (exact) mass is 460 g/mol. The van der Waals surface area contributed by atoms with Gasteiger partial charge in [-0.2, -0.15) is 0 Å². The van der Waals surface area contributed by atoms with E-state index in [1.807, 2.05) is 19.0 Å². The van der Waals surface area contributed by atoms with Gasteiger partial charge in [0.2, 0.25) is 0 Å². The van der Waals surface area contributed by atoms with Crippen molar-refractivity contribution in [3.63, 3.8) is 0 Å². The molecule has 1 saturated heterocycles. The van der Waals surface area contributed by atoms with Crippen LogP contribution in [0, 0.1) is 5.82 Å². The van der Waals surface area contributed by atoms with Crippen LogP contribution in [-0.4, -0.2) is 53.8 Å². The zero-order chi connectivity index (χ0) is 21.1. The number of nitrogens with zero attached hydrogens (tertiary/aromatic N) is 2. The van der Waals surface area contributed by atoms with Crippen molar-refractivity contribution in [1.82, 2.24) is 9.80 Å². The molecule has 1 heterocycles. The standard InChI is InChI=1S/C22H22BrFN2O3/c1-25(2)12-3-13-26-19(14-6-10-17(24)11-7-14)18(21(28)22(26)29)20(27)15-4-8-16(23)9-5-15/h4-11,19,27H,3,12-13H2,1-2H3/b20-18+/t19-/m1/s1. The maximum atomic E-state index is 13.5. The van der Waals surface area contributed by atoms with Gasteiger partial charge in [-0.05, 0) is 56.9 Å². The topological polar surface area (TPSA) is 60.9 Å². The normalized spacial score (nSPS) is 18.7. The predicted octanol–water partition coefficient (Wildman–Crippen LogP) is 3.96. The van der Waals surface area contributed by atoms with E-state index >= 15 is 0 Å². The maximum Gasteiger partial charge on any atom is 0.295 e. The fourth-order valence-corrected chi connectivity index (χ4v) is 3.69. The Hall–Kier alpha value is -2.51. The number of aliphatic hydroxyl groups is 1. The molecular weight excluding hydrogens is 439 g/mol. The molecule has 2 aromatic carbocycles. The van der Waals surface area contributed by atoms with Crippen molar-refractivity contribution in [3.05, 3.63) is 75.5 Å². The number of benzene rings is 2. The zero-order valence-electron chi connectivity index (χ0n) is 16.2. The van der Waals surface area contributed by atoms with Crippen molar-refractivity contribution in [1.29, 1.82) is 0 Å². The van der Waals surface area contributed by atoms with Crippen LogP contribution in [0.2, 0.25) is 0 Å². The molecule has 1 aliphatic rings. The summed E-state index contributed by atoms with van der Waals surface area (Å²) in [5, 5.41) is 10.9. The molecule has 0 spiro atoms. The largest absolute Gasteiger partial charge is 0.507 e. The van der Waals surface area contributed by atoms with Gasteiger partial charge in [-0.25, -0.2) is 4.39 Å². The van der Waals surface area contributed by atoms with Crippen molar-refractivity contribution in [2.24, 2.45) is 0 Å². The van der Waals surface area contributed by atoms with Crippen LogP contribution in [0.25, 0.3) is 5.76 Å². The molecule has 1 amide bonds. The Balaban J connectivity index is 2.07. The third-order valence-corrected chi connectivity index (χ3v) is 5.38. The number of aliphatic hydroxyl groups excluding tert-OH is 1. The molecule has 0 aliphatic carbocycles. The third kappa shape index (κ3) is 4.57. The highest BCUT2D eigenvalue weighted by atomic mass is 79.9. The van der Waals surface area contributed by atoms with E-state index in [9.17, 15) is 19.1 Å². The second kappa shape index (κ2) is 8.88. The first-order valence-corrected chi connectivity index (χ1v) is 10.0. The highest BCUT2D eigenvalue weighted by Crippen LogP contribution is 2.39. The summed E-state index contributed by atoms with van der Waals surface area (Å²) in [7, 11) is 3.86. The minimum Gasteiger partial charge on any atom is -0.507 e. The van der Waals surface area contributed by atoms with E-state index in [2.05, 4.69) is 15.9 Å². The molecule has 152 valence electrons. The van der Waals surface area contributed by atoms with Crippen LogP contribution >= 0.6 is 15.9 Å². The van der Waals surface area contributed by atoms with E-state index in [4.69, 9.17) is 0 Å². The average Bonchev–Trinajstić information content (AvgIpc) is 2.93. The van der Waals surface area contributed by atoms with E-state index in [1.54, 1.807) is 36.4 Å². The quantitative estimate of drug-likeness (QED) is 0.402. The van der Waals surface area contributed by atoms with Gasteiger partial charge in [-0.15, -0.1) is 0 Å². The molecule has 0 aromatic heterocycles. The minimum atomic E-state index is -0.763. The Bertz CT molecular complexity index is 940. The molecule has 0 radical (unpaired) electrons. The molecule has 7 heteroatoms. The van der Waals surface area contributed by atoms with Gasteiger partial charge in [0.1, 0.15) is 11.6 Å². The lowest BCUT2D eigenvalue weighted by atomic mass is 9.95. The minimum absolute atomic E-state index is 0.0220. The summed E-state index contributed by atoms with van der Waals surface area (Å²) in [4.78, 5) is 29.1. The lowest BCUT2D eigenvalue weighted by Gasteiger charge is -2.26. The van der Waals surface area contributed by atoms with Crippen LogP contribution < -0.4 is 0 Å². The molecule has 2 aromatic rings. The fourth-order valence-electron chi connectivity index (χ4n) is 3.42. The van der Waals surface area contributed by atoms with Gasteiger partial charge in [0.25, 0.3) is 11.7 Å². The molecule has 1 aliphatic heterocycles. The van der Waals surface area contributed by atoms with Crippen molar-refractivity contribution in [3.8, 4) is 0 Å². The lowest BCUT2D eigenvalue weighted by molar-refractivity contribution is -0.139. The number of hydrogen-bond donors (Lipinski definition) is 1. The molecule has 0 saturated carbocycles. The number of Topliss-reactive ketones (excluding diaryl/α,β-unsaturated/α-hetero) is 1. The number of carbonyl (C=O) groups excluding carboxylic acids is 2. The van der Waals surface area contributed by atoms with Gasteiger partial charge in [-0.3, -0.25) is 9.59 Å². The molecule has 3 rings (SSSR count). The molecule has 0 unspecified atom stereocenters. The summed E-state index contributed by atoms with van der Waals surface area (Å²) in [6.45, 7) is 1.09. The zero-order valence-corrected chi connectivity index (χ0v) is 17.8. The first-order chi connectivity index (χ1) is 13.8. The first kappa shape index (κ1) is 21.2. The van der Waals surface area contributed by atoms with Gasteiger partial charge in [0.15, 0.2) is 0 Å². The Morgan fingerprint density at radius 2 is 1.72 bits per heavy atom. The second-order valence-corrected chi connectivity index (χ2v) is 8.12. The third-order valence-electron chi connectivity index (χ3n) is 4.85. The van der Waals surface area contributed by atoms with Crippen molar-refractivity contribution in [2.45, 2.75) is 12.5 Å². The van der Waals surface area contributed by atoms with Crippen LogP contribution in [0.4, 0.5) is 4.39 Å². The Labute approximate surface area is 177 Å². The summed E-state index contributed by atoms with van der Waals surface area (Å²) in [6.07, 6.45) is 0.663. The van der Waals surface area contributed by atoms with Crippen LogP contribution in [0.1, 0.15) is 23.6 Å². The molecular formula is C22H22BrFN2O3. The van der Waals surface area contributed by atoms with Crippen LogP contribution in [0.15, 0.2) is 58.6 Å². The summed E-state index contributed by atoms with van der Waals surface area (Å²) < 4.78 is 14.3. The van der Waals surface area contributed by atoms with E-state index in [0.717, 1.165) is 11.0 Å².